The Labute approximate surface area is 133 Å². The van der Waals surface area contributed by atoms with Crippen LogP contribution in [0.1, 0.15) is 11.3 Å². The van der Waals surface area contributed by atoms with Crippen LogP contribution in [0, 0.1) is 12.7 Å². The van der Waals surface area contributed by atoms with Crippen molar-refractivity contribution in [3.05, 3.63) is 65.9 Å². The molecule has 0 spiro atoms. The van der Waals surface area contributed by atoms with Crippen molar-refractivity contribution >= 4 is 15.7 Å². The monoisotopic (exact) mass is 333 g/mol. The quantitative estimate of drug-likeness (QED) is 0.779. The molecule has 7 heteroatoms. The minimum Gasteiger partial charge on any atom is -0.304 e. The van der Waals surface area contributed by atoms with E-state index in [4.69, 9.17) is 0 Å². The molecule has 0 amide bonds. The van der Waals surface area contributed by atoms with E-state index in [0.29, 0.717) is 17.8 Å². The molecule has 0 aliphatic heterocycles. The average Bonchev–Trinajstić information content (AvgIpc) is 2.89. The van der Waals surface area contributed by atoms with Gasteiger partial charge < -0.3 is 4.40 Å². The van der Waals surface area contributed by atoms with Crippen LogP contribution in [0.25, 0.3) is 5.65 Å². The normalized spacial score (nSPS) is 11.9. The number of imidazole rings is 1. The smallest absolute Gasteiger partial charge is 0.240 e. The van der Waals surface area contributed by atoms with E-state index in [2.05, 4.69) is 9.71 Å². The van der Waals surface area contributed by atoms with Gasteiger partial charge in [0.25, 0.3) is 0 Å². The predicted molar refractivity (Wildman–Crippen MR) is 85.2 cm³/mol. The third-order valence-corrected chi connectivity index (χ3v) is 4.95. The van der Waals surface area contributed by atoms with Crippen molar-refractivity contribution in [3.8, 4) is 0 Å². The van der Waals surface area contributed by atoms with Gasteiger partial charge in [-0.15, -0.1) is 0 Å². The summed E-state index contributed by atoms with van der Waals surface area (Å²) in [5, 5.41) is 0. The zero-order chi connectivity index (χ0) is 16.4. The standard InChI is InChI=1S/C16H16FN3O2S/c1-12-2-5-15(6-3-12)23(21,22)18-9-8-14-11-20-10-13(17)4-7-16(20)19-14/h2-7,10-11,18H,8-9H2,1H3. The first-order valence-electron chi connectivity index (χ1n) is 7.13. The van der Waals surface area contributed by atoms with Crippen LogP contribution < -0.4 is 4.72 Å². The Bertz CT molecular complexity index is 934. The first kappa shape index (κ1) is 15.6. The van der Waals surface area contributed by atoms with Crippen LogP contribution in [0.2, 0.25) is 0 Å². The molecule has 2 aromatic heterocycles. The van der Waals surface area contributed by atoms with Gasteiger partial charge in [-0.25, -0.2) is 22.5 Å². The van der Waals surface area contributed by atoms with Crippen molar-refractivity contribution in [2.45, 2.75) is 18.2 Å². The Morgan fingerprint density at radius 3 is 2.61 bits per heavy atom. The van der Waals surface area contributed by atoms with Gasteiger partial charge in [0.1, 0.15) is 11.5 Å². The Kier molecular flexibility index (Phi) is 4.14. The second kappa shape index (κ2) is 6.10. The first-order chi connectivity index (χ1) is 10.9. The fourth-order valence-corrected chi connectivity index (χ4v) is 3.28. The van der Waals surface area contributed by atoms with E-state index in [9.17, 15) is 12.8 Å². The maximum atomic E-state index is 13.1. The second-order valence-electron chi connectivity index (χ2n) is 5.31. The molecule has 3 rings (SSSR count). The van der Waals surface area contributed by atoms with Gasteiger partial charge in [-0.1, -0.05) is 17.7 Å². The average molecular weight is 333 g/mol. The zero-order valence-corrected chi connectivity index (χ0v) is 13.3. The minimum atomic E-state index is -3.53. The van der Waals surface area contributed by atoms with Crippen molar-refractivity contribution in [2.75, 3.05) is 6.54 Å². The lowest BCUT2D eigenvalue weighted by Gasteiger charge is -2.06. The number of aryl methyl sites for hydroxylation is 1. The van der Waals surface area contributed by atoms with Crippen LogP contribution in [0.4, 0.5) is 4.39 Å². The van der Waals surface area contributed by atoms with Gasteiger partial charge in [0, 0.05) is 25.4 Å². The number of hydrogen-bond donors (Lipinski definition) is 1. The van der Waals surface area contributed by atoms with E-state index in [1.807, 2.05) is 6.92 Å². The molecule has 1 aromatic carbocycles. The number of sulfonamides is 1. The lowest BCUT2D eigenvalue weighted by Crippen LogP contribution is -2.26. The summed E-state index contributed by atoms with van der Waals surface area (Å²) < 4.78 is 41.6. The highest BCUT2D eigenvalue weighted by atomic mass is 32.2. The summed E-state index contributed by atoms with van der Waals surface area (Å²) >= 11 is 0. The van der Waals surface area contributed by atoms with E-state index in [0.717, 1.165) is 5.56 Å². The molecular formula is C16H16FN3O2S. The second-order valence-corrected chi connectivity index (χ2v) is 7.07. The van der Waals surface area contributed by atoms with Crippen LogP contribution in [0.5, 0.6) is 0 Å². The summed E-state index contributed by atoms with van der Waals surface area (Å²) in [6, 6.07) is 9.58. The van der Waals surface area contributed by atoms with Crippen LogP contribution in [-0.2, 0) is 16.4 Å². The summed E-state index contributed by atoms with van der Waals surface area (Å²) in [5.74, 6) is -0.346. The number of nitrogens with zero attached hydrogens (tertiary/aromatic N) is 2. The molecule has 0 bridgehead atoms. The first-order valence-corrected chi connectivity index (χ1v) is 8.62. The van der Waals surface area contributed by atoms with Crippen molar-refractivity contribution < 1.29 is 12.8 Å². The number of pyridine rings is 1. The molecule has 5 nitrogen and oxygen atoms in total. The molecule has 0 radical (unpaired) electrons. The van der Waals surface area contributed by atoms with Gasteiger partial charge in [0.05, 0.1) is 10.6 Å². The van der Waals surface area contributed by atoms with Gasteiger partial charge in [-0.2, -0.15) is 0 Å². The van der Waals surface area contributed by atoms with Crippen molar-refractivity contribution in [3.63, 3.8) is 0 Å². The van der Waals surface area contributed by atoms with Gasteiger partial charge in [-0.3, -0.25) is 0 Å². The highest BCUT2D eigenvalue weighted by molar-refractivity contribution is 7.89. The Morgan fingerprint density at radius 2 is 1.87 bits per heavy atom. The van der Waals surface area contributed by atoms with Crippen LogP contribution >= 0.6 is 0 Å². The predicted octanol–water partition coefficient (Wildman–Crippen LogP) is 2.30. The molecule has 23 heavy (non-hydrogen) atoms. The third kappa shape index (κ3) is 3.57. The molecule has 1 N–H and O–H groups in total. The molecule has 0 aliphatic rings. The number of halogens is 1. The Balaban J connectivity index is 1.66. The van der Waals surface area contributed by atoms with Crippen molar-refractivity contribution in [1.82, 2.24) is 14.1 Å². The Hall–Kier alpha value is -2.25. The fourth-order valence-electron chi connectivity index (χ4n) is 2.25. The largest absolute Gasteiger partial charge is 0.304 e. The molecular weight excluding hydrogens is 317 g/mol. The number of aromatic nitrogens is 2. The summed E-state index contributed by atoms with van der Waals surface area (Å²) in [6.45, 7) is 2.12. The fraction of sp³-hybridized carbons (Fsp3) is 0.188. The number of nitrogens with one attached hydrogen (secondary N) is 1. The number of fused-ring (bicyclic) bond motifs is 1. The summed E-state index contributed by atoms with van der Waals surface area (Å²) in [4.78, 5) is 4.56. The molecule has 0 saturated heterocycles. The van der Waals surface area contributed by atoms with E-state index in [-0.39, 0.29) is 17.3 Å². The molecule has 120 valence electrons. The highest BCUT2D eigenvalue weighted by Crippen LogP contribution is 2.10. The molecule has 0 aliphatic carbocycles. The van der Waals surface area contributed by atoms with Gasteiger partial charge in [-0.05, 0) is 31.2 Å². The molecule has 0 atom stereocenters. The molecule has 2 heterocycles. The molecule has 0 saturated carbocycles. The summed E-state index contributed by atoms with van der Waals surface area (Å²) in [5.41, 5.74) is 2.32. The van der Waals surface area contributed by atoms with Crippen LogP contribution in [0.15, 0.2) is 53.7 Å². The molecule has 0 unspecified atom stereocenters. The van der Waals surface area contributed by atoms with E-state index < -0.39 is 10.0 Å². The number of rotatable bonds is 5. The SMILES string of the molecule is Cc1ccc(S(=O)(=O)NCCc2cn3cc(F)ccc3n2)cc1. The topological polar surface area (TPSA) is 63.5 Å². The van der Waals surface area contributed by atoms with Crippen LogP contribution in [0.3, 0.4) is 0 Å². The summed E-state index contributed by atoms with van der Waals surface area (Å²) in [6.07, 6.45) is 3.45. The highest BCUT2D eigenvalue weighted by Gasteiger charge is 2.13. The van der Waals surface area contributed by atoms with Gasteiger partial charge in [0.15, 0.2) is 0 Å². The van der Waals surface area contributed by atoms with E-state index in [1.165, 1.54) is 12.3 Å². The summed E-state index contributed by atoms with van der Waals surface area (Å²) in [7, 11) is -3.53. The van der Waals surface area contributed by atoms with E-state index >= 15 is 0 Å². The molecule has 3 aromatic rings. The maximum absolute atomic E-state index is 13.1. The van der Waals surface area contributed by atoms with Crippen LogP contribution in [-0.4, -0.2) is 24.3 Å². The minimum absolute atomic E-state index is 0.225. The number of benzene rings is 1. The Morgan fingerprint density at radius 1 is 1.13 bits per heavy atom. The lowest BCUT2D eigenvalue weighted by molar-refractivity contribution is 0.581. The number of hydrogen-bond acceptors (Lipinski definition) is 3. The maximum Gasteiger partial charge on any atom is 0.240 e. The third-order valence-electron chi connectivity index (χ3n) is 3.47. The van der Waals surface area contributed by atoms with Gasteiger partial charge >= 0.3 is 0 Å². The van der Waals surface area contributed by atoms with Crippen molar-refractivity contribution in [1.29, 1.82) is 0 Å². The van der Waals surface area contributed by atoms with Crippen molar-refractivity contribution in [2.24, 2.45) is 0 Å². The van der Waals surface area contributed by atoms with E-state index in [1.54, 1.807) is 40.9 Å². The molecule has 0 fully saturated rings. The van der Waals surface area contributed by atoms with Gasteiger partial charge in [0.2, 0.25) is 10.0 Å². The zero-order valence-electron chi connectivity index (χ0n) is 12.5. The lowest BCUT2D eigenvalue weighted by atomic mass is 10.2.